The summed E-state index contributed by atoms with van der Waals surface area (Å²) in [6, 6.07) is 7.23. The Morgan fingerprint density at radius 1 is 1.50 bits per heavy atom. The van der Waals surface area contributed by atoms with Crippen molar-refractivity contribution >= 4 is 27.5 Å². The second-order valence-corrected chi connectivity index (χ2v) is 4.62. The van der Waals surface area contributed by atoms with E-state index >= 15 is 0 Å². The fourth-order valence-electron chi connectivity index (χ4n) is 1.31. The summed E-state index contributed by atoms with van der Waals surface area (Å²) in [6.07, 6.45) is -0.674. The summed E-state index contributed by atoms with van der Waals surface area (Å²) in [5, 5.41) is 13.8. The minimum atomic E-state index is -0.674. The van der Waals surface area contributed by atoms with E-state index in [2.05, 4.69) is 21.1 Å². The summed E-state index contributed by atoms with van der Waals surface area (Å²) in [6.45, 7) is 1.62. The summed E-state index contributed by atoms with van der Waals surface area (Å²) in [4.78, 5) is 0. The zero-order valence-corrected chi connectivity index (χ0v) is 10.8. The number of aliphatic hydroxyl groups excluding tert-OH is 1. The molecule has 1 unspecified atom stereocenters. The van der Waals surface area contributed by atoms with Crippen LogP contribution in [-0.4, -0.2) is 10.3 Å². The number of nitrogens with zero attached hydrogens (tertiary/aromatic N) is 1. The highest BCUT2D eigenvalue weighted by molar-refractivity contribution is 9.10. The minimum Gasteiger partial charge on any atom is -0.385 e. The van der Waals surface area contributed by atoms with Crippen LogP contribution in [0.2, 0.25) is 5.02 Å². The summed E-state index contributed by atoms with van der Waals surface area (Å²) >= 11 is 9.46. The van der Waals surface area contributed by atoms with Crippen molar-refractivity contribution in [3.8, 4) is 11.3 Å². The van der Waals surface area contributed by atoms with E-state index in [4.69, 9.17) is 16.1 Å². The lowest BCUT2D eigenvalue weighted by molar-refractivity contribution is 0.158. The number of hydrogen-bond donors (Lipinski definition) is 1. The molecule has 0 spiro atoms. The van der Waals surface area contributed by atoms with Gasteiger partial charge in [0.15, 0.2) is 5.76 Å². The van der Waals surface area contributed by atoms with Crippen LogP contribution in [0.5, 0.6) is 0 Å². The molecule has 0 saturated carbocycles. The summed E-state index contributed by atoms with van der Waals surface area (Å²) in [5.74, 6) is 0.422. The molecule has 5 heteroatoms. The number of halogens is 2. The molecule has 0 aliphatic rings. The molecule has 16 heavy (non-hydrogen) atoms. The van der Waals surface area contributed by atoms with Gasteiger partial charge >= 0.3 is 0 Å². The van der Waals surface area contributed by atoms with Crippen molar-refractivity contribution in [1.82, 2.24) is 5.16 Å². The second kappa shape index (κ2) is 4.57. The molecule has 2 rings (SSSR count). The van der Waals surface area contributed by atoms with Crippen molar-refractivity contribution in [2.75, 3.05) is 0 Å². The second-order valence-electron chi connectivity index (χ2n) is 3.39. The molecular weight excluding hydrogens is 293 g/mol. The summed E-state index contributed by atoms with van der Waals surface area (Å²) in [7, 11) is 0. The van der Waals surface area contributed by atoms with Crippen molar-refractivity contribution in [2.45, 2.75) is 13.0 Å². The van der Waals surface area contributed by atoms with Crippen LogP contribution in [0, 0.1) is 0 Å². The van der Waals surface area contributed by atoms with Gasteiger partial charge in [0, 0.05) is 16.1 Å². The van der Waals surface area contributed by atoms with E-state index in [9.17, 15) is 5.11 Å². The number of aliphatic hydroxyl groups is 1. The lowest BCUT2D eigenvalue weighted by Crippen LogP contribution is -1.85. The molecule has 1 N–H and O–H groups in total. The standard InChI is InChI=1S/C11H9BrClNO2/c1-6(15)10-5-9(14-16-10)7-3-2-4-8(12)11(7)13/h2-6,15H,1H3. The maximum atomic E-state index is 9.33. The van der Waals surface area contributed by atoms with E-state index < -0.39 is 6.10 Å². The zero-order chi connectivity index (χ0) is 11.7. The van der Waals surface area contributed by atoms with Gasteiger partial charge in [0.2, 0.25) is 0 Å². The van der Waals surface area contributed by atoms with Crippen molar-refractivity contribution in [3.63, 3.8) is 0 Å². The molecule has 2 aromatic rings. The Morgan fingerprint density at radius 2 is 2.25 bits per heavy atom. The molecule has 1 atom stereocenters. The predicted molar refractivity (Wildman–Crippen MR) is 65.3 cm³/mol. The SMILES string of the molecule is CC(O)c1cc(-c2cccc(Br)c2Cl)no1. The highest BCUT2D eigenvalue weighted by Gasteiger charge is 2.13. The third kappa shape index (κ3) is 2.14. The average Bonchev–Trinajstić information content (AvgIpc) is 2.71. The lowest BCUT2D eigenvalue weighted by Gasteiger charge is -2.00. The van der Waals surface area contributed by atoms with Crippen LogP contribution in [-0.2, 0) is 0 Å². The predicted octanol–water partition coefficient (Wildman–Crippen LogP) is 3.81. The van der Waals surface area contributed by atoms with Gasteiger partial charge in [-0.2, -0.15) is 0 Å². The van der Waals surface area contributed by atoms with Crippen molar-refractivity contribution in [1.29, 1.82) is 0 Å². The van der Waals surface area contributed by atoms with Crippen molar-refractivity contribution in [2.24, 2.45) is 0 Å². The summed E-state index contributed by atoms with van der Waals surface area (Å²) in [5.41, 5.74) is 1.38. The van der Waals surface area contributed by atoms with Gasteiger partial charge in [-0.05, 0) is 28.9 Å². The first kappa shape index (κ1) is 11.6. The first-order valence-electron chi connectivity index (χ1n) is 4.68. The lowest BCUT2D eigenvalue weighted by atomic mass is 10.1. The topological polar surface area (TPSA) is 46.3 Å². The Kier molecular flexibility index (Phi) is 3.33. The largest absolute Gasteiger partial charge is 0.385 e. The first-order valence-corrected chi connectivity index (χ1v) is 5.85. The molecule has 84 valence electrons. The van der Waals surface area contributed by atoms with Gasteiger partial charge in [-0.15, -0.1) is 0 Å². The van der Waals surface area contributed by atoms with Crippen LogP contribution < -0.4 is 0 Å². The van der Waals surface area contributed by atoms with E-state index in [1.807, 2.05) is 18.2 Å². The molecule has 1 aromatic carbocycles. The first-order chi connectivity index (χ1) is 7.59. The fourth-order valence-corrected chi connectivity index (χ4v) is 1.90. The average molecular weight is 303 g/mol. The van der Waals surface area contributed by atoms with E-state index in [1.165, 1.54) is 0 Å². The molecule has 0 aliphatic heterocycles. The third-order valence-corrected chi connectivity index (χ3v) is 3.46. The molecule has 0 fully saturated rings. The number of hydrogen-bond acceptors (Lipinski definition) is 3. The number of rotatable bonds is 2. The fraction of sp³-hybridized carbons (Fsp3) is 0.182. The van der Waals surface area contributed by atoms with E-state index in [0.717, 1.165) is 10.0 Å². The molecule has 3 nitrogen and oxygen atoms in total. The zero-order valence-electron chi connectivity index (χ0n) is 8.45. The maximum absolute atomic E-state index is 9.33. The van der Waals surface area contributed by atoms with Gasteiger partial charge < -0.3 is 9.63 Å². The van der Waals surface area contributed by atoms with Gasteiger partial charge in [-0.25, -0.2) is 0 Å². The smallest absolute Gasteiger partial charge is 0.165 e. The number of aromatic nitrogens is 1. The van der Waals surface area contributed by atoms with Crippen LogP contribution in [0.4, 0.5) is 0 Å². The minimum absolute atomic E-state index is 0.422. The molecule has 1 heterocycles. The Morgan fingerprint density at radius 3 is 2.88 bits per heavy atom. The summed E-state index contributed by atoms with van der Waals surface area (Å²) < 4.78 is 5.80. The third-order valence-electron chi connectivity index (χ3n) is 2.17. The molecule has 1 aromatic heterocycles. The van der Waals surface area contributed by atoms with Gasteiger partial charge in [0.05, 0.1) is 5.02 Å². The Hall–Kier alpha value is -0.840. The van der Waals surface area contributed by atoms with Gasteiger partial charge in [-0.3, -0.25) is 0 Å². The highest BCUT2D eigenvalue weighted by atomic mass is 79.9. The monoisotopic (exact) mass is 301 g/mol. The number of benzene rings is 1. The Balaban J connectivity index is 2.47. The Labute approximate surface area is 106 Å². The van der Waals surface area contributed by atoms with Crippen LogP contribution in [0.1, 0.15) is 18.8 Å². The highest BCUT2D eigenvalue weighted by Crippen LogP contribution is 2.33. The molecule has 0 amide bonds. The van der Waals surface area contributed by atoms with Crippen LogP contribution in [0.25, 0.3) is 11.3 Å². The quantitative estimate of drug-likeness (QED) is 0.917. The van der Waals surface area contributed by atoms with Crippen molar-refractivity contribution in [3.05, 3.63) is 39.5 Å². The molecular formula is C11H9BrClNO2. The van der Waals surface area contributed by atoms with Crippen molar-refractivity contribution < 1.29 is 9.63 Å². The van der Waals surface area contributed by atoms with E-state index in [0.29, 0.717) is 16.5 Å². The molecule has 0 saturated heterocycles. The molecule has 0 radical (unpaired) electrons. The van der Waals surface area contributed by atoms with Gasteiger partial charge in [-0.1, -0.05) is 28.9 Å². The molecule has 0 aliphatic carbocycles. The van der Waals surface area contributed by atoms with Crippen LogP contribution >= 0.6 is 27.5 Å². The van der Waals surface area contributed by atoms with Crippen LogP contribution in [0.3, 0.4) is 0 Å². The van der Waals surface area contributed by atoms with Gasteiger partial charge in [0.1, 0.15) is 11.8 Å². The molecule has 0 bridgehead atoms. The normalized spacial score (nSPS) is 12.8. The van der Waals surface area contributed by atoms with Crippen LogP contribution in [0.15, 0.2) is 33.3 Å². The Bertz CT molecular complexity index is 510. The maximum Gasteiger partial charge on any atom is 0.165 e. The van der Waals surface area contributed by atoms with Gasteiger partial charge in [0.25, 0.3) is 0 Å². The van der Waals surface area contributed by atoms with E-state index in [1.54, 1.807) is 13.0 Å². The van der Waals surface area contributed by atoms with E-state index in [-0.39, 0.29) is 0 Å².